The van der Waals surface area contributed by atoms with Gasteiger partial charge in [-0.1, -0.05) is 0 Å². The summed E-state index contributed by atoms with van der Waals surface area (Å²) >= 11 is 0. The lowest BCUT2D eigenvalue weighted by Gasteiger charge is -2.07. The Bertz CT molecular complexity index is 228. The standard InChI is InChI=1S/C8H13NO4/c1-12-7(10)5-3-4(5)6(9)8(11)13-2/h4-6H,3,9H2,1-2H3/t4-,5-,6-/m1/s1. The van der Waals surface area contributed by atoms with E-state index in [9.17, 15) is 9.59 Å². The lowest BCUT2D eigenvalue weighted by Crippen LogP contribution is -2.34. The van der Waals surface area contributed by atoms with Gasteiger partial charge in [0.2, 0.25) is 0 Å². The summed E-state index contributed by atoms with van der Waals surface area (Å²) in [5, 5.41) is 0. The van der Waals surface area contributed by atoms with Crippen LogP contribution in [-0.4, -0.2) is 32.2 Å². The highest BCUT2D eigenvalue weighted by atomic mass is 16.5. The van der Waals surface area contributed by atoms with Gasteiger partial charge >= 0.3 is 11.9 Å². The highest BCUT2D eigenvalue weighted by Crippen LogP contribution is 2.41. The molecule has 0 bridgehead atoms. The van der Waals surface area contributed by atoms with Crippen molar-refractivity contribution in [3.63, 3.8) is 0 Å². The monoisotopic (exact) mass is 187 g/mol. The molecule has 0 heterocycles. The molecule has 5 heteroatoms. The van der Waals surface area contributed by atoms with Gasteiger partial charge in [-0.3, -0.25) is 9.59 Å². The Balaban J connectivity index is 2.42. The summed E-state index contributed by atoms with van der Waals surface area (Å²) in [6, 6.07) is -0.700. The van der Waals surface area contributed by atoms with Crippen LogP contribution in [-0.2, 0) is 19.1 Å². The van der Waals surface area contributed by atoms with Gasteiger partial charge in [-0.05, 0) is 12.3 Å². The molecule has 0 aromatic heterocycles. The second kappa shape index (κ2) is 3.74. The van der Waals surface area contributed by atoms with E-state index in [2.05, 4.69) is 9.47 Å². The van der Waals surface area contributed by atoms with Crippen molar-refractivity contribution in [2.24, 2.45) is 17.6 Å². The van der Waals surface area contributed by atoms with Crippen LogP contribution in [0.2, 0.25) is 0 Å². The molecule has 0 amide bonds. The van der Waals surface area contributed by atoms with Crippen LogP contribution in [0.1, 0.15) is 6.42 Å². The summed E-state index contributed by atoms with van der Waals surface area (Å²) in [6.07, 6.45) is 0.614. The van der Waals surface area contributed by atoms with Gasteiger partial charge in [0.05, 0.1) is 20.1 Å². The van der Waals surface area contributed by atoms with Crippen LogP contribution in [0.25, 0.3) is 0 Å². The molecular weight excluding hydrogens is 174 g/mol. The summed E-state index contributed by atoms with van der Waals surface area (Å²) < 4.78 is 8.98. The van der Waals surface area contributed by atoms with Crippen LogP contribution in [0.4, 0.5) is 0 Å². The van der Waals surface area contributed by atoms with E-state index in [0.29, 0.717) is 6.42 Å². The Morgan fingerprint density at radius 1 is 1.38 bits per heavy atom. The molecule has 13 heavy (non-hydrogen) atoms. The number of esters is 2. The van der Waals surface area contributed by atoms with E-state index < -0.39 is 12.0 Å². The van der Waals surface area contributed by atoms with Gasteiger partial charge in [-0.25, -0.2) is 0 Å². The Labute approximate surface area is 76.2 Å². The molecule has 1 aliphatic carbocycles. The molecule has 5 nitrogen and oxygen atoms in total. The maximum atomic E-state index is 11.0. The Morgan fingerprint density at radius 2 is 2.00 bits per heavy atom. The number of rotatable bonds is 3. The van der Waals surface area contributed by atoms with Gasteiger partial charge < -0.3 is 15.2 Å². The van der Waals surface area contributed by atoms with Gasteiger partial charge in [0.1, 0.15) is 6.04 Å². The molecule has 3 atom stereocenters. The van der Waals surface area contributed by atoms with E-state index in [1.54, 1.807) is 0 Å². The molecule has 0 aromatic carbocycles. The van der Waals surface area contributed by atoms with Gasteiger partial charge in [0.25, 0.3) is 0 Å². The molecule has 0 aromatic rings. The third-order valence-corrected chi connectivity index (χ3v) is 2.28. The molecule has 0 spiro atoms. The zero-order valence-corrected chi connectivity index (χ0v) is 7.65. The molecule has 0 unspecified atom stereocenters. The van der Waals surface area contributed by atoms with Gasteiger partial charge in [-0.15, -0.1) is 0 Å². The maximum absolute atomic E-state index is 11.0. The molecule has 1 rings (SSSR count). The zero-order valence-electron chi connectivity index (χ0n) is 7.65. The minimum Gasteiger partial charge on any atom is -0.469 e. The Morgan fingerprint density at radius 3 is 2.46 bits per heavy atom. The Kier molecular flexibility index (Phi) is 2.87. The minimum atomic E-state index is -0.700. The Hall–Kier alpha value is -1.10. The van der Waals surface area contributed by atoms with Crippen molar-refractivity contribution >= 4 is 11.9 Å². The molecule has 0 aliphatic heterocycles. The minimum absolute atomic E-state index is 0.111. The number of nitrogens with two attached hydrogens (primary N) is 1. The van der Waals surface area contributed by atoms with Crippen LogP contribution in [0, 0.1) is 11.8 Å². The topological polar surface area (TPSA) is 78.6 Å². The molecule has 74 valence electrons. The second-order valence-electron chi connectivity index (χ2n) is 3.08. The van der Waals surface area contributed by atoms with Crippen molar-refractivity contribution in [1.29, 1.82) is 0 Å². The third kappa shape index (κ3) is 1.98. The van der Waals surface area contributed by atoms with Crippen LogP contribution >= 0.6 is 0 Å². The number of methoxy groups -OCH3 is 2. The molecule has 0 saturated heterocycles. The maximum Gasteiger partial charge on any atom is 0.322 e. The van der Waals surface area contributed by atoms with Gasteiger partial charge in [0.15, 0.2) is 0 Å². The number of carbonyl (C=O) groups is 2. The molecule has 0 radical (unpaired) electrons. The normalized spacial score (nSPS) is 27.6. The second-order valence-corrected chi connectivity index (χ2v) is 3.08. The average Bonchev–Trinajstić information content (AvgIpc) is 2.93. The lowest BCUT2D eigenvalue weighted by molar-refractivity contribution is -0.144. The van der Waals surface area contributed by atoms with Crippen molar-refractivity contribution < 1.29 is 19.1 Å². The predicted molar refractivity (Wildman–Crippen MR) is 43.6 cm³/mol. The molecule has 1 aliphatic rings. The first-order valence-corrected chi connectivity index (χ1v) is 4.03. The smallest absolute Gasteiger partial charge is 0.322 e. The van der Waals surface area contributed by atoms with Crippen molar-refractivity contribution in [1.82, 2.24) is 0 Å². The number of hydrogen-bond acceptors (Lipinski definition) is 5. The summed E-state index contributed by atoms with van der Waals surface area (Å²) in [5.74, 6) is -1.11. The largest absolute Gasteiger partial charge is 0.469 e. The van der Waals surface area contributed by atoms with E-state index in [1.165, 1.54) is 14.2 Å². The highest BCUT2D eigenvalue weighted by molar-refractivity contribution is 5.81. The van der Waals surface area contributed by atoms with Gasteiger partial charge in [0, 0.05) is 0 Å². The van der Waals surface area contributed by atoms with E-state index in [-0.39, 0.29) is 17.8 Å². The van der Waals surface area contributed by atoms with Gasteiger partial charge in [-0.2, -0.15) is 0 Å². The van der Waals surface area contributed by atoms with E-state index in [4.69, 9.17) is 5.73 Å². The van der Waals surface area contributed by atoms with Crippen molar-refractivity contribution in [2.75, 3.05) is 14.2 Å². The zero-order chi connectivity index (χ0) is 10.0. The first-order valence-electron chi connectivity index (χ1n) is 4.03. The SMILES string of the molecule is COC(=O)[C@H](N)[C@@H]1C[C@H]1C(=O)OC. The van der Waals surface area contributed by atoms with E-state index in [0.717, 1.165) is 0 Å². The lowest BCUT2D eigenvalue weighted by atomic mass is 10.1. The fourth-order valence-electron chi connectivity index (χ4n) is 1.34. The van der Waals surface area contributed by atoms with Crippen LogP contribution in [0.5, 0.6) is 0 Å². The average molecular weight is 187 g/mol. The van der Waals surface area contributed by atoms with Crippen molar-refractivity contribution in [2.45, 2.75) is 12.5 Å². The fourth-order valence-corrected chi connectivity index (χ4v) is 1.34. The summed E-state index contributed by atoms with van der Waals surface area (Å²) in [5.41, 5.74) is 5.53. The summed E-state index contributed by atoms with van der Waals surface area (Å²) in [7, 11) is 2.60. The fraction of sp³-hybridized carbons (Fsp3) is 0.750. The number of hydrogen-bond donors (Lipinski definition) is 1. The van der Waals surface area contributed by atoms with Crippen LogP contribution < -0.4 is 5.73 Å². The molecular formula is C8H13NO4. The quantitative estimate of drug-likeness (QED) is 0.591. The summed E-state index contributed by atoms with van der Waals surface area (Å²) in [4.78, 5) is 21.9. The van der Waals surface area contributed by atoms with Crippen molar-refractivity contribution in [3.05, 3.63) is 0 Å². The summed E-state index contributed by atoms with van der Waals surface area (Å²) in [6.45, 7) is 0. The number of carbonyl (C=O) groups excluding carboxylic acids is 2. The first-order chi connectivity index (χ1) is 6.11. The van der Waals surface area contributed by atoms with Crippen LogP contribution in [0.15, 0.2) is 0 Å². The van der Waals surface area contributed by atoms with E-state index >= 15 is 0 Å². The van der Waals surface area contributed by atoms with Crippen molar-refractivity contribution in [3.8, 4) is 0 Å². The molecule has 2 N–H and O–H groups in total. The first kappa shape index (κ1) is 9.98. The number of ether oxygens (including phenoxy) is 2. The third-order valence-electron chi connectivity index (χ3n) is 2.28. The molecule has 1 saturated carbocycles. The van der Waals surface area contributed by atoms with E-state index in [1.807, 2.05) is 0 Å². The van der Waals surface area contributed by atoms with Crippen LogP contribution in [0.3, 0.4) is 0 Å². The highest BCUT2D eigenvalue weighted by Gasteiger charge is 2.50. The predicted octanol–water partition coefficient (Wildman–Crippen LogP) is -0.704. The molecule has 1 fully saturated rings.